The summed E-state index contributed by atoms with van der Waals surface area (Å²) in [7, 11) is 0. The maximum absolute atomic E-state index is 12.1. The van der Waals surface area contributed by atoms with Crippen LogP contribution in [0.3, 0.4) is 0 Å². The predicted octanol–water partition coefficient (Wildman–Crippen LogP) is 6.31. The van der Waals surface area contributed by atoms with E-state index in [0.717, 1.165) is 28.4 Å². The van der Waals surface area contributed by atoms with E-state index in [2.05, 4.69) is 13.5 Å². The second-order valence-corrected chi connectivity index (χ2v) is 6.91. The summed E-state index contributed by atoms with van der Waals surface area (Å²) in [5.74, 6) is 1.02. The summed E-state index contributed by atoms with van der Waals surface area (Å²) in [6, 6.07) is 4.63. The summed E-state index contributed by atoms with van der Waals surface area (Å²) in [6.45, 7) is 11.5. The van der Waals surface area contributed by atoms with Gasteiger partial charge in [0.05, 0.1) is 12.2 Å². The Labute approximate surface area is 174 Å². The lowest BCUT2D eigenvalue weighted by Gasteiger charge is -2.09. The minimum atomic E-state index is -4.27. The second-order valence-electron chi connectivity index (χ2n) is 5.52. The SMILES string of the molecule is C=C(/C=C(C)\C(=C/C)OCC(=O)O)SCC.CCOc1ccc(C(F)(F)F)cc1. The molecule has 4 nitrogen and oxygen atoms in total. The highest BCUT2D eigenvalue weighted by Gasteiger charge is 2.29. The minimum Gasteiger partial charge on any atom is -0.494 e. The number of alkyl halides is 3. The van der Waals surface area contributed by atoms with Gasteiger partial charge in [-0.2, -0.15) is 13.2 Å². The first-order chi connectivity index (χ1) is 13.5. The first kappa shape index (κ1) is 26.6. The molecule has 0 amide bonds. The van der Waals surface area contributed by atoms with E-state index in [4.69, 9.17) is 14.6 Å². The third-order valence-corrected chi connectivity index (χ3v) is 3.98. The van der Waals surface area contributed by atoms with E-state index in [1.807, 2.05) is 19.9 Å². The molecule has 0 atom stereocenters. The number of hydrogen-bond acceptors (Lipinski definition) is 4. The van der Waals surface area contributed by atoms with Crippen molar-refractivity contribution < 1.29 is 32.5 Å². The summed E-state index contributed by atoms with van der Waals surface area (Å²) in [5.41, 5.74) is 0.227. The fraction of sp³-hybridized carbons (Fsp3) is 0.381. The Balaban J connectivity index is 0.000000551. The van der Waals surface area contributed by atoms with Gasteiger partial charge in [0.1, 0.15) is 11.5 Å². The summed E-state index contributed by atoms with van der Waals surface area (Å²) in [6.07, 6.45) is -0.630. The minimum absolute atomic E-state index is 0.321. The van der Waals surface area contributed by atoms with Crippen LogP contribution in [0.1, 0.15) is 33.3 Å². The molecule has 0 aromatic heterocycles. The number of aliphatic carboxylic acids is 1. The molecule has 1 rings (SSSR count). The summed E-state index contributed by atoms with van der Waals surface area (Å²) in [4.78, 5) is 11.3. The number of carboxylic acid groups (broad SMARTS) is 1. The van der Waals surface area contributed by atoms with Crippen molar-refractivity contribution in [1.29, 1.82) is 0 Å². The fourth-order valence-corrected chi connectivity index (χ4v) is 2.64. The van der Waals surface area contributed by atoms with Crippen LogP contribution in [0.25, 0.3) is 0 Å². The van der Waals surface area contributed by atoms with Crippen molar-refractivity contribution in [3.8, 4) is 5.75 Å². The van der Waals surface area contributed by atoms with Crippen LogP contribution < -0.4 is 4.74 Å². The number of carboxylic acids is 1. The third-order valence-electron chi connectivity index (χ3n) is 3.20. The van der Waals surface area contributed by atoms with Crippen molar-refractivity contribution >= 4 is 17.7 Å². The van der Waals surface area contributed by atoms with Crippen molar-refractivity contribution in [3.05, 3.63) is 64.8 Å². The van der Waals surface area contributed by atoms with Crippen molar-refractivity contribution in [1.82, 2.24) is 0 Å². The Hall–Kier alpha value is -2.35. The number of ether oxygens (including phenoxy) is 2. The summed E-state index contributed by atoms with van der Waals surface area (Å²) >= 11 is 1.64. The molecule has 0 saturated carbocycles. The van der Waals surface area contributed by atoms with Crippen molar-refractivity contribution in [2.45, 2.75) is 33.9 Å². The molecule has 29 heavy (non-hydrogen) atoms. The Morgan fingerprint density at radius 2 is 1.83 bits per heavy atom. The Kier molecular flexibility index (Phi) is 12.6. The molecule has 0 spiro atoms. The van der Waals surface area contributed by atoms with Gasteiger partial charge in [-0.25, -0.2) is 4.79 Å². The van der Waals surface area contributed by atoms with E-state index >= 15 is 0 Å². The highest BCUT2D eigenvalue weighted by atomic mass is 32.2. The summed E-state index contributed by atoms with van der Waals surface area (Å²) < 4.78 is 46.3. The number of carbonyl (C=O) groups is 1. The normalized spacial score (nSPS) is 12.0. The molecule has 1 aromatic rings. The molecule has 0 aliphatic carbocycles. The fourth-order valence-electron chi connectivity index (χ4n) is 2.01. The van der Waals surface area contributed by atoms with E-state index in [1.165, 1.54) is 12.1 Å². The Morgan fingerprint density at radius 3 is 2.24 bits per heavy atom. The number of halogens is 3. The van der Waals surface area contributed by atoms with E-state index in [1.54, 1.807) is 24.8 Å². The third kappa shape index (κ3) is 11.9. The monoisotopic (exact) mass is 432 g/mol. The number of allylic oxidation sites excluding steroid dienone is 3. The van der Waals surface area contributed by atoms with Crippen LogP contribution in [-0.4, -0.2) is 30.0 Å². The van der Waals surface area contributed by atoms with Gasteiger partial charge in [0, 0.05) is 4.91 Å². The lowest BCUT2D eigenvalue weighted by Crippen LogP contribution is -2.07. The number of hydrogen-bond donors (Lipinski definition) is 1. The van der Waals surface area contributed by atoms with Gasteiger partial charge in [-0.05, 0) is 68.5 Å². The average molecular weight is 433 g/mol. The molecular formula is C21H27F3O4S. The lowest BCUT2D eigenvalue weighted by atomic mass is 10.2. The van der Waals surface area contributed by atoms with Gasteiger partial charge >= 0.3 is 12.1 Å². The maximum atomic E-state index is 12.1. The zero-order chi connectivity index (χ0) is 22.4. The highest BCUT2D eigenvalue weighted by molar-refractivity contribution is 8.03. The van der Waals surface area contributed by atoms with E-state index in [9.17, 15) is 18.0 Å². The van der Waals surface area contributed by atoms with Crippen LogP contribution in [-0.2, 0) is 15.7 Å². The molecule has 0 saturated heterocycles. The predicted molar refractivity (Wildman–Crippen MR) is 111 cm³/mol. The van der Waals surface area contributed by atoms with Gasteiger partial charge < -0.3 is 14.6 Å². The van der Waals surface area contributed by atoms with Crippen LogP contribution >= 0.6 is 11.8 Å². The van der Waals surface area contributed by atoms with Crippen LogP contribution in [0.5, 0.6) is 5.75 Å². The lowest BCUT2D eigenvalue weighted by molar-refractivity contribution is -0.140. The number of benzene rings is 1. The molecule has 1 N–H and O–H groups in total. The van der Waals surface area contributed by atoms with Crippen molar-refractivity contribution in [2.75, 3.05) is 19.0 Å². The molecule has 162 valence electrons. The highest BCUT2D eigenvalue weighted by Crippen LogP contribution is 2.30. The second kappa shape index (κ2) is 13.8. The van der Waals surface area contributed by atoms with Crippen molar-refractivity contribution in [3.63, 3.8) is 0 Å². The average Bonchev–Trinajstić information content (AvgIpc) is 2.62. The van der Waals surface area contributed by atoms with Gasteiger partial charge in [0.2, 0.25) is 0 Å². The number of thioether (sulfide) groups is 1. The van der Waals surface area contributed by atoms with Crippen LogP contribution in [0.2, 0.25) is 0 Å². The molecule has 0 unspecified atom stereocenters. The molecule has 0 bridgehead atoms. The molecule has 8 heteroatoms. The quantitative estimate of drug-likeness (QED) is 0.366. The molecule has 0 fully saturated rings. The van der Waals surface area contributed by atoms with Crippen molar-refractivity contribution in [2.24, 2.45) is 0 Å². The van der Waals surface area contributed by atoms with Crippen LogP contribution in [0.4, 0.5) is 13.2 Å². The molecule has 1 aromatic carbocycles. The van der Waals surface area contributed by atoms with E-state index < -0.39 is 17.7 Å². The number of rotatable bonds is 9. The standard InChI is InChI=1S/C12H18O3S.C9H9F3O/c1-5-11(15-8-12(13)14)9(3)7-10(4)16-6-2;1-2-13-8-5-3-7(4-6-8)9(10,11)12/h5,7H,4,6,8H2,1-3H3,(H,13,14);3-6H,2H2,1H3/b9-7-,11-5+;. The van der Waals surface area contributed by atoms with E-state index in [-0.39, 0.29) is 6.61 Å². The van der Waals surface area contributed by atoms with Crippen LogP contribution in [0, 0.1) is 0 Å². The molecule has 0 aliphatic rings. The van der Waals surface area contributed by atoms with Gasteiger partial charge in [0.15, 0.2) is 6.61 Å². The van der Waals surface area contributed by atoms with Gasteiger partial charge in [-0.3, -0.25) is 0 Å². The first-order valence-corrected chi connectivity index (χ1v) is 9.84. The van der Waals surface area contributed by atoms with Gasteiger partial charge in [-0.15, -0.1) is 11.8 Å². The van der Waals surface area contributed by atoms with Gasteiger partial charge in [0.25, 0.3) is 0 Å². The smallest absolute Gasteiger partial charge is 0.416 e. The topological polar surface area (TPSA) is 55.8 Å². The summed E-state index contributed by atoms with van der Waals surface area (Å²) in [5, 5.41) is 8.51. The van der Waals surface area contributed by atoms with Crippen LogP contribution in [0.15, 0.2) is 59.2 Å². The zero-order valence-corrected chi connectivity index (χ0v) is 17.8. The maximum Gasteiger partial charge on any atom is 0.416 e. The molecular weight excluding hydrogens is 405 g/mol. The van der Waals surface area contributed by atoms with Gasteiger partial charge in [-0.1, -0.05) is 13.5 Å². The first-order valence-electron chi connectivity index (χ1n) is 8.86. The molecule has 0 aliphatic heterocycles. The Bertz CT molecular complexity index is 708. The zero-order valence-electron chi connectivity index (χ0n) is 17.0. The molecule has 0 heterocycles. The largest absolute Gasteiger partial charge is 0.494 e. The Morgan fingerprint density at radius 1 is 1.24 bits per heavy atom. The van der Waals surface area contributed by atoms with E-state index in [0.29, 0.717) is 18.1 Å². The molecule has 0 radical (unpaired) electrons.